The van der Waals surface area contributed by atoms with E-state index in [0.717, 1.165) is 10.4 Å². The van der Waals surface area contributed by atoms with Crippen LogP contribution in [0.2, 0.25) is 0 Å². The van der Waals surface area contributed by atoms with Crippen LogP contribution in [-0.4, -0.2) is 12.2 Å². The fraction of sp³-hybridized carbons (Fsp3) is 0.0526. The summed E-state index contributed by atoms with van der Waals surface area (Å²) in [4.78, 5) is 24.3. The van der Waals surface area contributed by atoms with Gasteiger partial charge < -0.3 is 21.6 Å². The number of hydrogen-bond donors (Lipinski definition) is 3. The molecule has 126 valence electrons. The van der Waals surface area contributed by atoms with Crippen molar-refractivity contribution in [1.29, 1.82) is 0 Å². The van der Waals surface area contributed by atoms with E-state index in [1.165, 1.54) is 0 Å². The molecule has 2 aromatic carbocycles. The average molecular weight is 351 g/mol. The van der Waals surface area contributed by atoms with Crippen molar-refractivity contribution in [3.8, 4) is 10.4 Å². The Morgan fingerprint density at radius 3 is 2.52 bits per heavy atom. The number of nitrogen functional groups attached to an aromatic ring is 1. The van der Waals surface area contributed by atoms with E-state index in [0.29, 0.717) is 28.8 Å². The van der Waals surface area contributed by atoms with Gasteiger partial charge in [-0.3, -0.25) is 4.79 Å². The first kappa shape index (κ1) is 16.9. The largest absolute Gasteiger partial charge is 0.397 e. The quantitative estimate of drug-likeness (QED) is 0.484. The lowest BCUT2D eigenvalue weighted by atomic mass is 10.1. The number of carbonyl (C=O) groups is 2. The van der Waals surface area contributed by atoms with Crippen molar-refractivity contribution in [2.24, 2.45) is 5.73 Å². The number of thiophene rings is 1. The van der Waals surface area contributed by atoms with E-state index in [2.05, 4.69) is 5.32 Å². The van der Waals surface area contributed by atoms with Crippen molar-refractivity contribution in [3.63, 3.8) is 0 Å². The van der Waals surface area contributed by atoms with E-state index >= 15 is 0 Å². The predicted octanol–water partition coefficient (Wildman–Crippen LogP) is 3.45. The minimum atomic E-state index is -0.685. The molecular formula is C19H17N3O2S. The summed E-state index contributed by atoms with van der Waals surface area (Å²) in [5, 5.41) is 4.83. The van der Waals surface area contributed by atoms with Crippen LogP contribution in [0.4, 0.5) is 11.4 Å². The predicted molar refractivity (Wildman–Crippen MR) is 102 cm³/mol. The van der Waals surface area contributed by atoms with Crippen molar-refractivity contribution in [3.05, 3.63) is 71.1 Å². The third-order valence-corrected chi connectivity index (χ3v) is 4.73. The zero-order chi connectivity index (χ0) is 17.8. The van der Waals surface area contributed by atoms with Crippen molar-refractivity contribution in [2.45, 2.75) is 6.04 Å². The number of nitrogens with two attached hydrogens (primary N) is 2. The van der Waals surface area contributed by atoms with E-state index in [9.17, 15) is 9.59 Å². The number of hydrogen-bond acceptors (Lipinski definition) is 5. The van der Waals surface area contributed by atoms with Gasteiger partial charge in [-0.25, -0.2) is 0 Å². The fourth-order valence-electron chi connectivity index (χ4n) is 2.39. The first-order chi connectivity index (χ1) is 12.1. The van der Waals surface area contributed by atoms with Gasteiger partial charge in [0, 0.05) is 10.4 Å². The third kappa shape index (κ3) is 3.76. The van der Waals surface area contributed by atoms with Crippen LogP contribution in [0.1, 0.15) is 22.0 Å². The molecule has 0 aliphatic heterocycles. The molecule has 5 nitrogen and oxygen atoms in total. The topological polar surface area (TPSA) is 98.2 Å². The molecule has 6 heteroatoms. The van der Waals surface area contributed by atoms with E-state index in [-0.39, 0.29) is 5.91 Å². The molecule has 3 rings (SSSR count). The van der Waals surface area contributed by atoms with Gasteiger partial charge in [-0.2, -0.15) is 0 Å². The molecule has 3 aromatic rings. The van der Waals surface area contributed by atoms with Crippen molar-refractivity contribution >= 4 is 34.9 Å². The Balaban J connectivity index is 1.81. The molecule has 1 unspecified atom stereocenters. The second-order valence-electron chi connectivity index (χ2n) is 5.52. The lowest BCUT2D eigenvalue weighted by Gasteiger charge is -2.11. The number of rotatable bonds is 5. The standard InChI is InChI=1S/C19H17N3O2S/c20-15-8-7-14(18-2-1-9-25-18)10-17(15)22-19(24)13-5-3-12(4-6-13)16(21)11-23/h1-11,16H,20-21H2,(H,22,24). The molecule has 1 heterocycles. The number of carbonyl (C=O) groups excluding carboxylic acids is 2. The van der Waals surface area contributed by atoms with Gasteiger partial charge in [0.25, 0.3) is 5.91 Å². The first-order valence-electron chi connectivity index (χ1n) is 7.64. The number of nitrogens with one attached hydrogen (secondary N) is 1. The number of anilines is 2. The highest BCUT2D eigenvalue weighted by Crippen LogP contribution is 2.30. The molecule has 0 saturated carbocycles. The van der Waals surface area contributed by atoms with Gasteiger partial charge in [-0.15, -0.1) is 11.3 Å². The number of benzene rings is 2. The number of aldehydes is 1. The molecule has 1 atom stereocenters. The van der Waals surface area contributed by atoms with Crippen LogP contribution in [0, 0.1) is 0 Å². The lowest BCUT2D eigenvalue weighted by molar-refractivity contribution is -0.109. The summed E-state index contributed by atoms with van der Waals surface area (Å²) in [6, 6.07) is 15.4. The van der Waals surface area contributed by atoms with Gasteiger partial charge in [0.1, 0.15) is 6.29 Å². The molecule has 1 aromatic heterocycles. The van der Waals surface area contributed by atoms with Gasteiger partial charge in [0.2, 0.25) is 0 Å². The molecule has 0 radical (unpaired) electrons. The van der Waals surface area contributed by atoms with E-state index in [1.807, 2.05) is 29.6 Å². The summed E-state index contributed by atoms with van der Waals surface area (Å²) >= 11 is 1.62. The van der Waals surface area contributed by atoms with Crippen LogP contribution in [-0.2, 0) is 4.79 Å². The summed E-state index contributed by atoms with van der Waals surface area (Å²) in [5.41, 5.74) is 14.8. The van der Waals surface area contributed by atoms with Gasteiger partial charge >= 0.3 is 0 Å². The second kappa shape index (κ2) is 7.29. The molecule has 25 heavy (non-hydrogen) atoms. The Labute approximate surface area is 149 Å². The smallest absolute Gasteiger partial charge is 0.255 e. The van der Waals surface area contributed by atoms with Crippen LogP contribution < -0.4 is 16.8 Å². The molecule has 0 saturated heterocycles. The van der Waals surface area contributed by atoms with Crippen LogP contribution in [0.15, 0.2) is 60.0 Å². The first-order valence-corrected chi connectivity index (χ1v) is 8.52. The van der Waals surface area contributed by atoms with E-state index in [4.69, 9.17) is 11.5 Å². The molecule has 0 aliphatic carbocycles. The highest BCUT2D eigenvalue weighted by molar-refractivity contribution is 7.13. The highest BCUT2D eigenvalue weighted by Gasteiger charge is 2.11. The zero-order valence-electron chi connectivity index (χ0n) is 13.3. The minimum Gasteiger partial charge on any atom is -0.397 e. The Kier molecular flexibility index (Phi) is 4.92. The molecule has 0 bridgehead atoms. The fourth-order valence-corrected chi connectivity index (χ4v) is 3.11. The maximum absolute atomic E-state index is 12.4. The maximum atomic E-state index is 12.4. The second-order valence-corrected chi connectivity index (χ2v) is 6.47. The summed E-state index contributed by atoms with van der Waals surface area (Å²) in [6.07, 6.45) is 0.659. The van der Waals surface area contributed by atoms with Crippen molar-refractivity contribution in [2.75, 3.05) is 11.1 Å². The highest BCUT2D eigenvalue weighted by atomic mass is 32.1. The maximum Gasteiger partial charge on any atom is 0.255 e. The minimum absolute atomic E-state index is 0.277. The normalized spacial score (nSPS) is 11.7. The Bertz CT molecular complexity index is 890. The monoisotopic (exact) mass is 351 g/mol. The van der Waals surface area contributed by atoms with Crippen molar-refractivity contribution < 1.29 is 9.59 Å². The van der Waals surface area contributed by atoms with Crippen LogP contribution in [0.5, 0.6) is 0 Å². The lowest BCUT2D eigenvalue weighted by Crippen LogP contribution is -2.14. The Hall–Kier alpha value is -2.96. The zero-order valence-corrected chi connectivity index (χ0v) is 14.1. The molecular weight excluding hydrogens is 334 g/mol. The summed E-state index contributed by atoms with van der Waals surface area (Å²) in [5.74, 6) is -0.277. The molecule has 5 N–H and O–H groups in total. The van der Waals surface area contributed by atoms with Crippen molar-refractivity contribution in [1.82, 2.24) is 0 Å². The van der Waals surface area contributed by atoms with Crippen LogP contribution in [0.25, 0.3) is 10.4 Å². The van der Waals surface area contributed by atoms with Crippen LogP contribution >= 0.6 is 11.3 Å². The van der Waals surface area contributed by atoms with Gasteiger partial charge in [-0.05, 0) is 46.8 Å². The third-order valence-electron chi connectivity index (χ3n) is 3.81. The molecule has 0 spiro atoms. The van der Waals surface area contributed by atoms with E-state index < -0.39 is 6.04 Å². The Morgan fingerprint density at radius 2 is 1.88 bits per heavy atom. The molecule has 0 fully saturated rings. The Morgan fingerprint density at radius 1 is 1.12 bits per heavy atom. The average Bonchev–Trinajstić information content (AvgIpc) is 3.17. The number of amides is 1. The summed E-state index contributed by atoms with van der Waals surface area (Å²) < 4.78 is 0. The molecule has 0 aliphatic rings. The summed E-state index contributed by atoms with van der Waals surface area (Å²) in [7, 11) is 0. The van der Waals surface area contributed by atoms with E-state index in [1.54, 1.807) is 41.7 Å². The van der Waals surface area contributed by atoms with Gasteiger partial charge in [-0.1, -0.05) is 24.3 Å². The van der Waals surface area contributed by atoms with Gasteiger partial charge in [0.05, 0.1) is 17.4 Å². The van der Waals surface area contributed by atoms with Gasteiger partial charge in [0.15, 0.2) is 0 Å². The SMILES string of the molecule is Nc1ccc(-c2cccs2)cc1NC(=O)c1ccc(C(N)C=O)cc1. The molecule has 1 amide bonds. The summed E-state index contributed by atoms with van der Waals surface area (Å²) in [6.45, 7) is 0. The van der Waals surface area contributed by atoms with Crippen LogP contribution in [0.3, 0.4) is 0 Å².